The van der Waals surface area contributed by atoms with Crippen LogP contribution >= 0.6 is 0 Å². The number of fused-ring (bicyclic) bond motifs is 1. The highest BCUT2D eigenvalue weighted by Crippen LogP contribution is 2.22. The maximum absolute atomic E-state index is 12.9. The van der Waals surface area contributed by atoms with Gasteiger partial charge in [0.15, 0.2) is 0 Å². The maximum atomic E-state index is 12.9. The Balaban J connectivity index is 1.69. The molecule has 0 atom stereocenters. The molecular formula is C20H27N3O2. The zero-order valence-electron chi connectivity index (χ0n) is 15.1. The molecule has 1 amide bonds. The van der Waals surface area contributed by atoms with Gasteiger partial charge in [0, 0.05) is 25.1 Å². The molecule has 0 radical (unpaired) electrons. The number of nitrogens with two attached hydrogens (primary N) is 1. The average molecular weight is 341 g/mol. The first-order chi connectivity index (χ1) is 12.1. The van der Waals surface area contributed by atoms with Crippen LogP contribution in [0.1, 0.15) is 40.9 Å². The van der Waals surface area contributed by atoms with Gasteiger partial charge in [-0.2, -0.15) is 0 Å². The normalized spacial score (nSPS) is 15.7. The molecule has 0 bridgehead atoms. The summed E-state index contributed by atoms with van der Waals surface area (Å²) in [4.78, 5) is 19.5. The van der Waals surface area contributed by atoms with Crippen molar-refractivity contribution in [3.8, 4) is 0 Å². The van der Waals surface area contributed by atoms with Crippen LogP contribution in [0.15, 0.2) is 24.3 Å². The molecule has 0 spiro atoms. The number of hydrogen-bond donors (Lipinski definition) is 1. The number of hydrogen-bond acceptors (Lipinski definition) is 4. The van der Waals surface area contributed by atoms with Crippen molar-refractivity contribution >= 4 is 16.8 Å². The average Bonchev–Trinajstić information content (AvgIpc) is 2.62. The zero-order chi connectivity index (χ0) is 17.8. The van der Waals surface area contributed by atoms with E-state index in [1.807, 2.05) is 30.0 Å². The predicted octanol–water partition coefficient (Wildman–Crippen LogP) is 2.82. The van der Waals surface area contributed by atoms with E-state index in [9.17, 15) is 4.79 Å². The number of pyridine rings is 1. The molecule has 0 aliphatic carbocycles. The third kappa shape index (κ3) is 4.17. The van der Waals surface area contributed by atoms with Crippen molar-refractivity contribution in [3.05, 3.63) is 41.1 Å². The summed E-state index contributed by atoms with van der Waals surface area (Å²) in [5, 5.41) is 1.02. The summed E-state index contributed by atoms with van der Waals surface area (Å²) in [5.74, 6) is 0.0776. The number of carbonyl (C=O) groups is 1. The third-order valence-electron chi connectivity index (χ3n) is 4.82. The van der Waals surface area contributed by atoms with Gasteiger partial charge in [-0.1, -0.05) is 11.6 Å². The lowest BCUT2D eigenvalue weighted by molar-refractivity contribution is 0.00842. The number of likely N-dealkylation sites (tertiary alicyclic amines) is 1. The van der Waals surface area contributed by atoms with E-state index in [1.54, 1.807) is 0 Å². The molecule has 25 heavy (non-hydrogen) atoms. The van der Waals surface area contributed by atoms with E-state index >= 15 is 0 Å². The second-order valence-corrected chi connectivity index (χ2v) is 6.82. The molecule has 5 nitrogen and oxygen atoms in total. The Morgan fingerprint density at radius 1 is 1.28 bits per heavy atom. The number of amides is 1. The first-order valence-corrected chi connectivity index (χ1v) is 9.07. The van der Waals surface area contributed by atoms with Gasteiger partial charge in [-0.05, 0) is 57.9 Å². The lowest BCUT2D eigenvalue weighted by Crippen LogP contribution is -2.41. The van der Waals surface area contributed by atoms with Crippen LogP contribution in [0.3, 0.4) is 0 Å². The van der Waals surface area contributed by atoms with E-state index in [1.165, 1.54) is 5.56 Å². The van der Waals surface area contributed by atoms with Gasteiger partial charge >= 0.3 is 0 Å². The highest BCUT2D eigenvalue weighted by atomic mass is 16.5. The second kappa shape index (κ2) is 7.93. The van der Waals surface area contributed by atoms with Crippen molar-refractivity contribution in [1.82, 2.24) is 9.88 Å². The monoisotopic (exact) mass is 341 g/mol. The third-order valence-corrected chi connectivity index (χ3v) is 4.82. The molecule has 1 saturated heterocycles. The van der Waals surface area contributed by atoms with Crippen LogP contribution in [0, 0.1) is 13.8 Å². The van der Waals surface area contributed by atoms with Crippen LogP contribution in [0.4, 0.5) is 0 Å². The number of aryl methyl sites for hydroxylation is 2. The van der Waals surface area contributed by atoms with Crippen molar-refractivity contribution < 1.29 is 9.53 Å². The topological polar surface area (TPSA) is 68.5 Å². The van der Waals surface area contributed by atoms with Crippen LogP contribution < -0.4 is 5.73 Å². The summed E-state index contributed by atoms with van der Waals surface area (Å²) >= 11 is 0. The number of benzene rings is 1. The van der Waals surface area contributed by atoms with E-state index in [-0.39, 0.29) is 12.0 Å². The molecule has 1 aliphatic heterocycles. The molecule has 0 saturated carbocycles. The van der Waals surface area contributed by atoms with Crippen molar-refractivity contribution in [2.45, 2.75) is 39.2 Å². The second-order valence-electron chi connectivity index (χ2n) is 6.82. The lowest BCUT2D eigenvalue weighted by Gasteiger charge is -2.32. The number of rotatable bonds is 5. The van der Waals surface area contributed by atoms with Crippen LogP contribution in [0.25, 0.3) is 10.9 Å². The highest BCUT2D eigenvalue weighted by Gasteiger charge is 2.25. The first-order valence-electron chi connectivity index (χ1n) is 9.07. The SMILES string of the molecule is Cc1ccc2nc(C)c(C(=O)N3CCC(OCCCN)CC3)cc2c1. The van der Waals surface area contributed by atoms with Gasteiger partial charge < -0.3 is 15.4 Å². The van der Waals surface area contributed by atoms with Crippen molar-refractivity contribution in [1.29, 1.82) is 0 Å². The minimum absolute atomic E-state index is 0.0776. The van der Waals surface area contributed by atoms with Gasteiger partial charge in [0.2, 0.25) is 0 Å². The number of piperidine rings is 1. The van der Waals surface area contributed by atoms with Gasteiger partial charge in [0.25, 0.3) is 5.91 Å². The number of nitrogens with zero attached hydrogens (tertiary/aromatic N) is 2. The van der Waals surface area contributed by atoms with E-state index in [2.05, 4.69) is 18.0 Å². The first kappa shape index (κ1) is 17.8. The highest BCUT2D eigenvalue weighted by molar-refractivity contribution is 5.98. The van der Waals surface area contributed by atoms with Gasteiger partial charge in [0.1, 0.15) is 0 Å². The molecule has 0 unspecified atom stereocenters. The molecule has 2 heterocycles. The minimum Gasteiger partial charge on any atom is -0.378 e. The zero-order valence-corrected chi connectivity index (χ0v) is 15.1. The Morgan fingerprint density at radius 3 is 2.76 bits per heavy atom. The van der Waals surface area contributed by atoms with Crippen LogP contribution in [0.5, 0.6) is 0 Å². The van der Waals surface area contributed by atoms with Gasteiger partial charge in [-0.25, -0.2) is 0 Å². The summed E-state index contributed by atoms with van der Waals surface area (Å²) in [7, 11) is 0. The molecular weight excluding hydrogens is 314 g/mol. The molecule has 2 N–H and O–H groups in total. The van der Waals surface area contributed by atoms with Crippen molar-refractivity contribution in [3.63, 3.8) is 0 Å². The fourth-order valence-corrected chi connectivity index (χ4v) is 3.34. The van der Waals surface area contributed by atoms with E-state index in [0.717, 1.165) is 48.9 Å². The lowest BCUT2D eigenvalue weighted by atomic mass is 10.0. The van der Waals surface area contributed by atoms with Gasteiger partial charge in [-0.3, -0.25) is 9.78 Å². The summed E-state index contributed by atoms with van der Waals surface area (Å²) in [6.07, 6.45) is 2.90. The fourth-order valence-electron chi connectivity index (χ4n) is 3.34. The summed E-state index contributed by atoms with van der Waals surface area (Å²) in [6, 6.07) is 8.12. The van der Waals surface area contributed by atoms with Crippen LogP contribution in [-0.2, 0) is 4.74 Å². The fraction of sp³-hybridized carbons (Fsp3) is 0.500. The molecule has 5 heteroatoms. The Labute approximate surface area is 149 Å². The van der Waals surface area contributed by atoms with E-state index in [4.69, 9.17) is 10.5 Å². The largest absolute Gasteiger partial charge is 0.378 e. The molecule has 1 fully saturated rings. The Kier molecular flexibility index (Phi) is 5.66. The number of ether oxygens (including phenoxy) is 1. The molecule has 2 aromatic rings. The van der Waals surface area contributed by atoms with Crippen molar-refractivity contribution in [2.75, 3.05) is 26.2 Å². The van der Waals surface area contributed by atoms with E-state index in [0.29, 0.717) is 18.7 Å². The Hall–Kier alpha value is -1.98. The summed E-state index contributed by atoms with van der Waals surface area (Å²) in [6.45, 7) is 6.80. The van der Waals surface area contributed by atoms with E-state index < -0.39 is 0 Å². The summed E-state index contributed by atoms with van der Waals surface area (Å²) in [5.41, 5.74) is 9.11. The maximum Gasteiger partial charge on any atom is 0.255 e. The molecule has 1 aliphatic rings. The standard InChI is InChI=1S/C20H27N3O2/c1-14-4-5-19-16(12-14)13-18(15(2)22-19)20(24)23-9-6-17(7-10-23)25-11-3-8-21/h4-5,12-13,17H,3,6-11,21H2,1-2H3. The van der Waals surface area contributed by atoms with Crippen molar-refractivity contribution in [2.24, 2.45) is 5.73 Å². The minimum atomic E-state index is 0.0776. The van der Waals surface area contributed by atoms with Gasteiger partial charge in [0.05, 0.1) is 22.9 Å². The Bertz CT molecular complexity index is 752. The summed E-state index contributed by atoms with van der Waals surface area (Å²) < 4.78 is 5.82. The molecule has 1 aromatic carbocycles. The molecule has 134 valence electrons. The van der Waals surface area contributed by atoms with Crippen LogP contribution in [-0.4, -0.2) is 48.1 Å². The Morgan fingerprint density at radius 2 is 2.04 bits per heavy atom. The number of carbonyl (C=O) groups excluding carboxylic acids is 1. The number of aromatic nitrogens is 1. The van der Waals surface area contributed by atoms with Gasteiger partial charge in [-0.15, -0.1) is 0 Å². The molecule has 1 aromatic heterocycles. The predicted molar refractivity (Wildman–Crippen MR) is 99.8 cm³/mol. The van der Waals surface area contributed by atoms with Crippen LogP contribution in [0.2, 0.25) is 0 Å². The molecule has 3 rings (SSSR count). The quantitative estimate of drug-likeness (QED) is 0.849. The smallest absolute Gasteiger partial charge is 0.255 e.